The van der Waals surface area contributed by atoms with Gasteiger partial charge < -0.3 is 9.90 Å². The van der Waals surface area contributed by atoms with Crippen LogP contribution in [0.25, 0.3) is 0 Å². The fraction of sp³-hybridized carbons (Fsp3) is 0.781. The van der Waals surface area contributed by atoms with Crippen molar-refractivity contribution in [1.29, 1.82) is 0 Å². The van der Waals surface area contributed by atoms with E-state index in [1.165, 1.54) is 55.2 Å². The zero-order chi connectivity index (χ0) is 26.1. The van der Waals surface area contributed by atoms with E-state index in [0.717, 1.165) is 32.1 Å². The van der Waals surface area contributed by atoms with Crippen molar-refractivity contribution in [2.24, 2.45) is 11.3 Å². The quantitative estimate of drug-likeness (QED) is 0.243. The third kappa shape index (κ3) is 7.74. The summed E-state index contributed by atoms with van der Waals surface area (Å²) in [7, 11) is 0. The Hall–Kier alpha value is -0.511. The van der Waals surface area contributed by atoms with Crippen LogP contribution in [0.3, 0.4) is 0 Å². The Balaban J connectivity index is 0.000000287. The zero-order valence-corrected chi connectivity index (χ0v) is 27.0. The predicted molar refractivity (Wildman–Crippen MR) is 152 cm³/mol. The summed E-state index contributed by atoms with van der Waals surface area (Å²) in [6, 6.07) is 6.87. The first-order valence-corrected chi connectivity index (χ1v) is 20.9. The van der Waals surface area contributed by atoms with Gasteiger partial charge in [0.25, 0.3) is 0 Å². The van der Waals surface area contributed by atoms with E-state index in [9.17, 15) is 9.90 Å². The Labute approximate surface area is 224 Å². The third-order valence-corrected chi connectivity index (χ3v) is 18.2. The summed E-state index contributed by atoms with van der Waals surface area (Å²) in [6.45, 7) is 15.6. The summed E-state index contributed by atoms with van der Waals surface area (Å²) in [5.41, 5.74) is 3.52. The fourth-order valence-electron chi connectivity index (χ4n) is 6.77. The van der Waals surface area contributed by atoms with E-state index in [1.807, 2.05) is 6.92 Å². The number of aryl methyl sites for hydroxylation is 1. The molecule has 0 saturated heterocycles. The molecule has 2 nitrogen and oxygen atoms in total. The molecule has 1 aromatic rings. The topological polar surface area (TPSA) is 40.1 Å². The first-order chi connectivity index (χ1) is 16.6. The van der Waals surface area contributed by atoms with Crippen molar-refractivity contribution >= 4 is 25.7 Å². The third-order valence-electron chi connectivity index (χ3n) is 9.16. The summed E-state index contributed by atoms with van der Waals surface area (Å²) >= 11 is -0.839. The van der Waals surface area contributed by atoms with Crippen LogP contribution in [0.2, 0.25) is 13.3 Å². The molecule has 2 aliphatic carbocycles. The number of fused-ring (bicyclic) bond motifs is 3. The summed E-state index contributed by atoms with van der Waals surface area (Å²) < 4.78 is 5.04. The van der Waals surface area contributed by atoms with E-state index in [4.69, 9.17) is 0 Å². The van der Waals surface area contributed by atoms with Crippen LogP contribution < -0.4 is 5.11 Å². The maximum atomic E-state index is 11.8. The molecule has 3 rings (SSSR count). The Morgan fingerprint density at radius 2 is 1.57 bits per heavy atom. The van der Waals surface area contributed by atoms with Gasteiger partial charge in [0.2, 0.25) is 0 Å². The number of aliphatic carboxylic acids is 1. The molecule has 1 saturated carbocycles. The fourth-order valence-corrected chi connectivity index (χ4v) is 16.2. The van der Waals surface area contributed by atoms with E-state index >= 15 is 0 Å². The van der Waals surface area contributed by atoms with Gasteiger partial charge in [0, 0.05) is 11.4 Å². The van der Waals surface area contributed by atoms with Crippen LogP contribution in [0.1, 0.15) is 135 Å². The SMILES string of the molecule is CC(C)c1ccc2c(c1)CC[C@H]1[C@@](C)(C(=O)[O-])CCC[C@]21C.CCC[CH2][Sn+]([CH2]CCC)[CH2]CCC. The number of carbonyl (C=O) groups excluding carboxylic acids is 1. The Kier molecular flexibility index (Phi) is 12.7. The minimum absolute atomic E-state index is 0.0177. The van der Waals surface area contributed by atoms with Gasteiger partial charge in [-0.05, 0) is 59.6 Å². The first kappa shape index (κ1) is 30.7. The van der Waals surface area contributed by atoms with E-state index in [1.54, 1.807) is 13.3 Å². The maximum absolute atomic E-state index is 11.8. The van der Waals surface area contributed by atoms with Gasteiger partial charge in [-0.1, -0.05) is 52.3 Å². The molecular weight excluding hydrogens is 535 g/mol. The summed E-state index contributed by atoms with van der Waals surface area (Å²) in [4.78, 5) is 11.8. The summed E-state index contributed by atoms with van der Waals surface area (Å²) in [6.07, 6.45) is 13.6. The van der Waals surface area contributed by atoms with E-state index in [2.05, 4.69) is 59.7 Å². The van der Waals surface area contributed by atoms with Crippen LogP contribution in [0.5, 0.6) is 0 Å². The van der Waals surface area contributed by atoms with Crippen molar-refractivity contribution < 1.29 is 9.90 Å². The second-order valence-electron chi connectivity index (χ2n) is 12.2. The monoisotopic (exact) mass is 590 g/mol. The van der Waals surface area contributed by atoms with E-state index in [0.29, 0.717) is 5.92 Å². The minimum atomic E-state index is -0.856. The second-order valence-corrected chi connectivity index (χ2v) is 20.8. The second kappa shape index (κ2) is 14.4. The summed E-state index contributed by atoms with van der Waals surface area (Å²) in [5, 5.41) is 11.8. The van der Waals surface area contributed by atoms with Gasteiger partial charge in [-0.25, -0.2) is 0 Å². The number of carboxylic acid groups (broad SMARTS) is 1. The molecule has 0 amide bonds. The van der Waals surface area contributed by atoms with Gasteiger partial charge in [0.15, 0.2) is 0 Å². The molecule has 198 valence electrons. The molecule has 35 heavy (non-hydrogen) atoms. The number of benzene rings is 1. The first-order valence-electron chi connectivity index (χ1n) is 14.8. The molecular formula is C32H54O2Sn. The van der Waals surface area contributed by atoms with Crippen LogP contribution in [0.15, 0.2) is 18.2 Å². The van der Waals surface area contributed by atoms with Crippen molar-refractivity contribution in [2.45, 2.75) is 144 Å². The van der Waals surface area contributed by atoms with Gasteiger partial charge in [-0.3, -0.25) is 0 Å². The number of rotatable bonds is 11. The average molecular weight is 589 g/mol. The molecule has 0 unspecified atom stereocenters. The molecule has 0 aromatic heterocycles. The average Bonchev–Trinajstić information content (AvgIpc) is 2.83. The van der Waals surface area contributed by atoms with Gasteiger partial charge in [-0.2, -0.15) is 0 Å². The molecule has 3 heteroatoms. The Bertz CT molecular complexity index is 769. The van der Waals surface area contributed by atoms with Gasteiger partial charge >= 0.3 is 92.4 Å². The number of carboxylic acids is 1. The number of carbonyl (C=O) groups is 1. The summed E-state index contributed by atoms with van der Waals surface area (Å²) in [5.74, 6) is -0.127. The zero-order valence-electron chi connectivity index (χ0n) is 24.1. The van der Waals surface area contributed by atoms with Crippen molar-refractivity contribution in [3.63, 3.8) is 0 Å². The molecule has 0 radical (unpaired) electrons. The van der Waals surface area contributed by atoms with Gasteiger partial charge in [0.1, 0.15) is 0 Å². The number of hydrogen-bond donors (Lipinski definition) is 0. The standard InChI is InChI=1S/C20H28O2.3C4H9.Sn/c1-13(2)14-6-8-16-15(12-14)7-9-17-19(16,3)10-5-11-20(17,4)18(21)22;3*1-3-4-2;/h6,8,12-13,17H,5,7,9-11H2,1-4H3,(H,21,22);3*1,3-4H2,2H3;/q;;;;+1/p-1/t17-,19-,20+;;;;/m1..../s1. The molecule has 1 aromatic carbocycles. The molecule has 2 aliphatic rings. The van der Waals surface area contributed by atoms with Crippen LogP contribution in [-0.2, 0) is 16.6 Å². The Morgan fingerprint density at radius 1 is 1.00 bits per heavy atom. The number of hydrogen-bond acceptors (Lipinski definition) is 2. The van der Waals surface area contributed by atoms with Crippen LogP contribution in [0.4, 0.5) is 0 Å². The van der Waals surface area contributed by atoms with Crippen molar-refractivity contribution in [3.8, 4) is 0 Å². The Morgan fingerprint density at radius 3 is 2.06 bits per heavy atom. The van der Waals surface area contributed by atoms with Gasteiger partial charge in [0.05, 0.1) is 0 Å². The van der Waals surface area contributed by atoms with E-state index in [-0.39, 0.29) is 11.3 Å². The molecule has 0 bridgehead atoms. The molecule has 1 fully saturated rings. The predicted octanol–water partition coefficient (Wildman–Crippen LogP) is 8.45. The normalized spacial score (nSPS) is 25.3. The molecule has 0 spiro atoms. The van der Waals surface area contributed by atoms with Crippen LogP contribution in [-0.4, -0.2) is 25.7 Å². The number of unbranched alkanes of at least 4 members (excludes halogenated alkanes) is 3. The molecule has 3 atom stereocenters. The molecule has 0 aliphatic heterocycles. The van der Waals surface area contributed by atoms with Crippen molar-refractivity contribution in [2.75, 3.05) is 0 Å². The molecule has 0 heterocycles. The van der Waals surface area contributed by atoms with Crippen LogP contribution in [0, 0.1) is 11.3 Å². The molecule has 0 N–H and O–H groups in total. The van der Waals surface area contributed by atoms with E-state index < -0.39 is 31.1 Å². The van der Waals surface area contributed by atoms with Crippen LogP contribution >= 0.6 is 0 Å². The van der Waals surface area contributed by atoms with Gasteiger partial charge in [-0.15, -0.1) is 0 Å². The van der Waals surface area contributed by atoms with Crippen molar-refractivity contribution in [1.82, 2.24) is 0 Å². The van der Waals surface area contributed by atoms with Crippen molar-refractivity contribution in [3.05, 3.63) is 34.9 Å².